The predicted octanol–water partition coefficient (Wildman–Crippen LogP) is 5.68. The van der Waals surface area contributed by atoms with Gasteiger partial charge in [-0.15, -0.1) is 13.2 Å². The Kier molecular flexibility index (Phi) is 6.48. The molecular formula is C16H16Cl2O. The fourth-order valence-electron chi connectivity index (χ4n) is 1.51. The molecule has 3 heteroatoms. The molecule has 0 N–H and O–H groups in total. The van der Waals surface area contributed by atoms with Gasteiger partial charge in [0.25, 0.3) is 0 Å². The molecule has 0 unspecified atom stereocenters. The highest BCUT2D eigenvalue weighted by Crippen LogP contribution is 2.26. The van der Waals surface area contributed by atoms with E-state index in [9.17, 15) is 0 Å². The highest BCUT2D eigenvalue weighted by molar-refractivity contribution is 6.32. The van der Waals surface area contributed by atoms with Crippen LogP contribution in [0.2, 0.25) is 10.0 Å². The predicted molar refractivity (Wildman–Crippen MR) is 83.2 cm³/mol. The van der Waals surface area contributed by atoms with Crippen LogP contribution in [-0.4, -0.2) is 0 Å². The molecule has 1 nitrogen and oxygen atoms in total. The Hall–Kier alpha value is -1.44. The van der Waals surface area contributed by atoms with Crippen molar-refractivity contribution in [2.45, 2.75) is 13.5 Å². The standard InChI is InChI=1S/C14H12Cl2O.C2H4/c1-10-5-6-14(13(16)7-10)17-9-11-3-2-4-12(15)8-11;1-2/h2-8H,9H2,1H3;1-2H2. The van der Waals surface area contributed by atoms with Gasteiger partial charge in [-0.05, 0) is 42.3 Å². The molecule has 2 rings (SSSR count). The number of benzene rings is 2. The summed E-state index contributed by atoms with van der Waals surface area (Å²) in [6, 6.07) is 13.3. The summed E-state index contributed by atoms with van der Waals surface area (Å²) in [7, 11) is 0. The van der Waals surface area contributed by atoms with Gasteiger partial charge in [-0.2, -0.15) is 0 Å². The average molecular weight is 295 g/mol. The fraction of sp³-hybridized carbons (Fsp3) is 0.125. The molecule has 0 saturated carbocycles. The molecule has 0 aliphatic heterocycles. The first-order valence-corrected chi connectivity index (χ1v) is 6.54. The monoisotopic (exact) mass is 294 g/mol. The van der Waals surface area contributed by atoms with Crippen molar-refractivity contribution >= 4 is 23.2 Å². The lowest BCUT2D eigenvalue weighted by Gasteiger charge is -2.08. The van der Waals surface area contributed by atoms with Crippen molar-refractivity contribution in [2.24, 2.45) is 0 Å². The Morgan fingerprint density at radius 2 is 1.79 bits per heavy atom. The van der Waals surface area contributed by atoms with E-state index in [0.717, 1.165) is 11.1 Å². The van der Waals surface area contributed by atoms with E-state index in [1.165, 1.54) is 0 Å². The fourth-order valence-corrected chi connectivity index (χ4v) is 2.01. The summed E-state index contributed by atoms with van der Waals surface area (Å²) in [6.07, 6.45) is 0. The maximum Gasteiger partial charge on any atom is 0.138 e. The van der Waals surface area contributed by atoms with E-state index in [1.807, 2.05) is 49.4 Å². The molecule has 100 valence electrons. The molecule has 0 amide bonds. The maximum absolute atomic E-state index is 6.08. The summed E-state index contributed by atoms with van der Waals surface area (Å²) in [4.78, 5) is 0. The Morgan fingerprint density at radius 3 is 2.42 bits per heavy atom. The minimum Gasteiger partial charge on any atom is -0.487 e. The Morgan fingerprint density at radius 1 is 1.05 bits per heavy atom. The second kappa shape index (κ2) is 7.88. The van der Waals surface area contributed by atoms with Crippen LogP contribution in [0.3, 0.4) is 0 Å². The van der Waals surface area contributed by atoms with Crippen molar-refractivity contribution in [3.63, 3.8) is 0 Å². The van der Waals surface area contributed by atoms with Crippen molar-refractivity contribution in [2.75, 3.05) is 0 Å². The van der Waals surface area contributed by atoms with E-state index < -0.39 is 0 Å². The van der Waals surface area contributed by atoms with Crippen molar-refractivity contribution in [1.82, 2.24) is 0 Å². The van der Waals surface area contributed by atoms with Crippen LogP contribution in [0.25, 0.3) is 0 Å². The van der Waals surface area contributed by atoms with Gasteiger partial charge in [0, 0.05) is 5.02 Å². The van der Waals surface area contributed by atoms with Crippen LogP contribution in [0.15, 0.2) is 55.6 Å². The molecule has 0 aromatic heterocycles. The van der Waals surface area contributed by atoms with E-state index >= 15 is 0 Å². The van der Waals surface area contributed by atoms with Gasteiger partial charge >= 0.3 is 0 Å². The second-order valence-corrected chi connectivity index (χ2v) is 4.70. The van der Waals surface area contributed by atoms with Crippen LogP contribution < -0.4 is 4.74 Å². The number of aryl methyl sites for hydroxylation is 1. The van der Waals surface area contributed by atoms with Gasteiger partial charge in [-0.25, -0.2) is 0 Å². The van der Waals surface area contributed by atoms with Crippen LogP contribution in [0.5, 0.6) is 5.75 Å². The van der Waals surface area contributed by atoms with Crippen LogP contribution in [0.4, 0.5) is 0 Å². The zero-order chi connectivity index (χ0) is 14.3. The first-order chi connectivity index (χ1) is 9.15. The third kappa shape index (κ3) is 4.98. The molecule has 0 fully saturated rings. The van der Waals surface area contributed by atoms with Gasteiger partial charge in [0.1, 0.15) is 12.4 Å². The van der Waals surface area contributed by atoms with Crippen LogP contribution in [0, 0.1) is 6.92 Å². The zero-order valence-electron chi connectivity index (χ0n) is 10.8. The number of rotatable bonds is 3. The van der Waals surface area contributed by atoms with Gasteiger partial charge < -0.3 is 4.74 Å². The summed E-state index contributed by atoms with van der Waals surface area (Å²) in [5, 5.41) is 1.34. The molecule has 2 aromatic carbocycles. The molecule has 0 atom stereocenters. The molecule has 0 aliphatic carbocycles. The highest BCUT2D eigenvalue weighted by Gasteiger charge is 2.02. The topological polar surface area (TPSA) is 9.23 Å². The van der Waals surface area contributed by atoms with Crippen molar-refractivity contribution < 1.29 is 4.74 Å². The second-order valence-electron chi connectivity index (χ2n) is 3.85. The quantitative estimate of drug-likeness (QED) is 0.662. The van der Waals surface area contributed by atoms with Crippen molar-refractivity contribution in [3.05, 3.63) is 76.8 Å². The minimum absolute atomic E-state index is 0.462. The largest absolute Gasteiger partial charge is 0.487 e. The Bertz CT molecular complexity index is 538. The van der Waals surface area contributed by atoms with Gasteiger partial charge in [-0.3, -0.25) is 0 Å². The summed E-state index contributed by atoms with van der Waals surface area (Å²) in [5.41, 5.74) is 2.14. The average Bonchev–Trinajstić information content (AvgIpc) is 2.40. The molecule has 19 heavy (non-hydrogen) atoms. The number of halogens is 2. The van der Waals surface area contributed by atoms with E-state index in [0.29, 0.717) is 22.4 Å². The summed E-state index contributed by atoms with van der Waals surface area (Å²) in [5.74, 6) is 0.692. The van der Waals surface area contributed by atoms with Crippen molar-refractivity contribution in [1.29, 1.82) is 0 Å². The Balaban J connectivity index is 0.000000861. The lowest BCUT2D eigenvalue weighted by atomic mass is 10.2. The first kappa shape index (κ1) is 15.6. The Labute approximate surface area is 124 Å². The van der Waals surface area contributed by atoms with Crippen molar-refractivity contribution in [3.8, 4) is 5.75 Å². The molecule has 0 heterocycles. The molecule has 0 aliphatic rings. The zero-order valence-corrected chi connectivity index (χ0v) is 12.3. The van der Waals surface area contributed by atoms with E-state index in [4.69, 9.17) is 27.9 Å². The van der Waals surface area contributed by atoms with E-state index in [2.05, 4.69) is 13.2 Å². The van der Waals surface area contributed by atoms with E-state index in [1.54, 1.807) is 0 Å². The lowest BCUT2D eigenvalue weighted by molar-refractivity contribution is 0.306. The SMILES string of the molecule is C=C.Cc1ccc(OCc2cccc(Cl)c2)c(Cl)c1. The first-order valence-electron chi connectivity index (χ1n) is 5.78. The van der Waals surface area contributed by atoms with Crippen LogP contribution in [-0.2, 0) is 6.61 Å². The van der Waals surface area contributed by atoms with Gasteiger partial charge in [0.2, 0.25) is 0 Å². The minimum atomic E-state index is 0.462. The summed E-state index contributed by atoms with van der Waals surface area (Å²) < 4.78 is 5.64. The van der Waals surface area contributed by atoms with Gasteiger partial charge in [0.05, 0.1) is 5.02 Å². The molecule has 0 spiro atoms. The highest BCUT2D eigenvalue weighted by atomic mass is 35.5. The maximum atomic E-state index is 6.08. The number of ether oxygens (including phenoxy) is 1. The third-order valence-electron chi connectivity index (χ3n) is 2.37. The normalized spacial score (nSPS) is 9.42. The van der Waals surface area contributed by atoms with Gasteiger partial charge in [0.15, 0.2) is 0 Å². The van der Waals surface area contributed by atoms with Crippen LogP contribution >= 0.6 is 23.2 Å². The summed E-state index contributed by atoms with van der Waals surface area (Å²) in [6.45, 7) is 8.45. The lowest BCUT2D eigenvalue weighted by Crippen LogP contribution is -1.95. The molecular weight excluding hydrogens is 279 g/mol. The third-order valence-corrected chi connectivity index (χ3v) is 2.90. The van der Waals surface area contributed by atoms with Gasteiger partial charge in [-0.1, -0.05) is 41.4 Å². The molecule has 0 radical (unpaired) electrons. The smallest absolute Gasteiger partial charge is 0.138 e. The molecule has 2 aromatic rings. The van der Waals surface area contributed by atoms with Crippen LogP contribution in [0.1, 0.15) is 11.1 Å². The molecule has 0 saturated heterocycles. The summed E-state index contributed by atoms with van der Waals surface area (Å²) >= 11 is 12.0. The molecule has 0 bridgehead atoms. The van der Waals surface area contributed by atoms with E-state index in [-0.39, 0.29) is 0 Å². The number of hydrogen-bond donors (Lipinski definition) is 0. The number of hydrogen-bond acceptors (Lipinski definition) is 1.